The average molecular weight is 366 g/mol. The lowest BCUT2D eigenvalue weighted by Gasteiger charge is -2.21. The molecule has 0 heterocycles. The summed E-state index contributed by atoms with van der Waals surface area (Å²) in [5.41, 5.74) is 15.0. The third-order valence-corrected chi connectivity index (χ3v) is 6.46. The van der Waals surface area contributed by atoms with Crippen LogP contribution in [0.3, 0.4) is 0 Å². The molecule has 3 aromatic rings. The molecule has 26 heavy (non-hydrogen) atoms. The van der Waals surface area contributed by atoms with E-state index in [4.69, 9.17) is 11.5 Å². The van der Waals surface area contributed by atoms with Crippen LogP contribution >= 0.6 is 0 Å². The van der Waals surface area contributed by atoms with Crippen LogP contribution in [0.5, 0.6) is 0 Å². The topological polar surface area (TPSA) is 86.2 Å². The van der Waals surface area contributed by atoms with Crippen LogP contribution in [0.4, 0.5) is 0 Å². The standard InChI is InChI=1S/C21H22N2O2S/c1-15-7-5-6-10-19(15)26(24,25)18-13-11-17(12-14-18)21(23)20(22)16-8-3-2-4-9-16/h2-14,20-21H,22-23H2,1H3. The van der Waals surface area contributed by atoms with Gasteiger partial charge in [-0.2, -0.15) is 0 Å². The number of sulfone groups is 1. The Morgan fingerprint density at radius 3 is 1.77 bits per heavy atom. The van der Waals surface area contributed by atoms with E-state index in [-0.39, 0.29) is 10.9 Å². The molecular weight excluding hydrogens is 344 g/mol. The van der Waals surface area contributed by atoms with Gasteiger partial charge in [-0.15, -0.1) is 0 Å². The lowest BCUT2D eigenvalue weighted by Crippen LogP contribution is -2.26. The van der Waals surface area contributed by atoms with Gasteiger partial charge in [0, 0.05) is 12.1 Å². The maximum atomic E-state index is 12.8. The summed E-state index contributed by atoms with van der Waals surface area (Å²) in [7, 11) is -3.56. The van der Waals surface area contributed by atoms with Gasteiger partial charge in [-0.3, -0.25) is 0 Å². The molecule has 0 spiro atoms. The molecule has 0 aromatic heterocycles. The van der Waals surface area contributed by atoms with Crippen LogP contribution in [0, 0.1) is 6.92 Å². The molecule has 0 aliphatic carbocycles. The first-order valence-electron chi connectivity index (χ1n) is 8.38. The number of hydrogen-bond acceptors (Lipinski definition) is 4. The minimum absolute atomic E-state index is 0.246. The Morgan fingerprint density at radius 2 is 1.19 bits per heavy atom. The van der Waals surface area contributed by atoms with Crippen molar-refractivity contribution in [3.05, 3.63) is 95.6 Å². The van der Waals surface area contributed by atoms with Crippen LogP contribution < -0.4 is 11.5 Å². The minimum atomic E-state index is -3.56. The predicted molar refractivity (Wildman–Crippen MR) is 103 cm³/mol. The number of hydrogen-bond donors (Lipinski definition) is 2. The highest BCUT2D eigenvalue weighted by Gasteiger charge is 2.21. The fourth-order valence-electron chi connectivity index (χ4n) is 2.94. The molecule has 0 saturated heterocycles. The normalized spacial score (nSPS) is 14.0. The molecule has 0 saturated carbocycles. The van der Waals surface area contributed by atoms with E-state index >= 15 is 0 Å². The van der Waals surface area contributed by atoms with Crippen molar-refractivity contribution in [3.63, 3.8) is 0 Å². The quantitative estimate of drug-likeness (QED) is 0.723. The van der Waals surface area contributed by atoms with Crippen LogP contribution in [0.2, 0.25) is 0 Å². The highest BCUT2D eigenvalue weighted by Crippen LogP contribution is 2.28. The van der Waals surface area contributed by atoms with Gasteiger partial charge in [0.25, 0.3) is 0 Å². The molecule has 0 aliphatic heterocycles. The van der Waals surface area contributed by atoms with Gasteiger partial charge in [0.2, 0.25) is 9.84 Å². The Labute approximate surface area is 154 Å². The fraction of sp³-hybridized carbons (Fsp3) is 0.143. The molecule has 0 bridgehead atoms. The van der Waals surface area contributed by atoms with Crippen LogP contribution in [-0.4, -0.2) is 8.42 Å². The van der Waals surface area contributed by atoms with E-state index in [2.05, 4.69) is 0 Å². The van der Waals surface area contributed by atoms with Crippen molar-refractivity contribution in [1.82, 2.24) is 0 Å². The van der Waals surface area contributed by atoms with Gasteiger partial charge in [0.15, 0.2) is 0 Å². The molecule has 3 aromatic carbocycles. The Balaban J connectivity index is 1.88. The monoisotopic (exact) mass is 366 g/mol. The largest absolute Gasteiger partial charge is 0.322 e. The summed E-state index contributed by atoms with van der Waals surface area (Å²) in [5.74, 6) is 0. The maximum absolute atomic E-state index is 12.8. The van der Waals surface area contributed by atoms with Gasteiger partial charge in [0.1, 0.15) is 0 Å². The van der Waals surface area contributed by atoms with Gasteiger partial charge in [0.05, 0.1) is 9.79 Å². The molecule has 0 amide bonds. The van der Waals surface area contributed by atoms with Crippen molar-refractivity contribution >= 4 is 9.84 Å². The van der Waals surface area contributed by atoms with Gasteiger partial charge in [-0.25, -0.2) is 8.42 Å². The van der Waals surface area contributed by atoms with Crippen LogP contribution in [-0.2, 0) is 9.84 Å². The Kier molecular flexibility index (Phi) is 5.23. The van der Waals surface area contributed by atoms with Gasteiger partial charge >= 0.3 is 0 Å². The molecule has 0 radical (unpaired) electrons. The summed E-state index contributed by atoms with van der Waals surface area (Å²) in [6, 6.07) is 22.4. The van der Waals surface area contributed by atoms with Crippen molar-refractivity contribution < 1.29 is 8.42 Å². The summed E-state index contributed by atoms with van der Waals surface area (Å²) < 4.78 is 25.7. The Morgan fingerprint density at radius 1 is 0.692 bits per heavy atom. The zero-order valence-electron chi connectivity index (χ0n) is 14.5. The molecule has 4 nitrogen and oxygen atoms in total. The Hall–Kier alpha value is -2.47. The second kappa shape index (κ2) is 7.41. The number of benzene rings is 3. The lowest BCUT2D eigenvalue weighted by atomic mass is 9.95. The third kappa shape index (κ3) is 3.55. The smallest absolute Gasteiger partial charge is 0.206 e. The SMILES string of the molecule is Cc1ccccc1S(=O)(=O)c1ccc(C(N)C(N)c2ccccc2)cc1. The van der Waals surface area contributed by atoms with Crippen molar-refractivity contribution in [3.8, 4) is 0 Å². The third-order valence-electron chi connectivity index (χ3n) is 4.53. The summed E-state index contributed by atoms with van der Waals surface area (Å²) >= 11 is 0. The fourth-order valence-corrected chi connectivity index (χ4v) is 4.44. The molecule has 134 valence electrons. The van der Waals surface area contributed by atoms with E-state index < -0.39 is 15.9 Å². The second-order valence-electron chi connectivity index (χ2n) is 6.30. The van der Waals surface area contributed by atoms with Crippen molar-refractivity contribution in [2.45, 2.75) is 28.8 Å². The van der Waals surface area contributed by atoms with E-state index in [1.807, 2.05) is 36.4 Å². The maximum Gasteiger partial charge on any atom is 0.206 e. The lowest BCUT2D eigenvalue weighted by molar-refractivity contribution is 0.573. The highest BCUT2D eigenvalue weighted by molar-refractivity contribution is 7.91. The first-order valence-corrected chi connectivity index (χ1v) is 9.86. The van der Waals surface area contributed by atoms with E-state index in [0.717, 1.165) is 16.7 Å². The second-order valence-corrected chi connectivity index (χ2v) is 8.22. The molecule has 4 N–H and O–H groups in total. The highest BCUT2D eigenvalue weighted by atomic mass is 32.2. The molecule has 5 heteroatoms. The average Bonchev–Trinajstić information content (AvgIpc) is 2.68. The summed E-state index contributed by atoms with van der Waals surface area (Å²) in [6.07, 6.45) is 0. The zero-order chi connectivity index (χ0) is 18.7. The van der Waals surface area contributed by atoms with E-state index in [1.54, 1.807) is 49.4 Å². The zero-order valence-corrected chi connectivity index (χ0v) is 15.4. The molecule has 0 aliphatic rings. The first-order chi connectivity index (χ1) is 12.4. The van der Waals surface area contributed by atoms with Crippen LogP contribution in [0.1, 0.15) is 28.8 Å². The summed E-state index contributed by atoms with van der Waals surface area (Å²) in [5, 5.41) is 0. The van der Waals surface area contributed by atoms with E-state index in [9.17, 15) is 8.42 Å². The number of nitrogens with two attached hydrogens (primary N) is 2. The Bertz CT molecular complexity index is 984. The van der Waals surface area contributed by atoms with Gasteiger partial charge in [-0.1, -0.05) is 60.7 Å². The molecule has 0 fully saturated rings. The first kappa shape index (κ1) is 18.3. The number of aryl methyl sites for hydroxylation is 1. The minimum Gasteiger partial charge on any atom is -0.322 e. The van der Waals surface area contributed by atoms with Crippen LogP contribution in [0.15, 0.2) is 88.7 Å². The van der Waals surface area contributed by atoms with E-state index in [0.29, 0.717) is 4.90 Å². The molecular formula is C21H22N2O2S. The van der Waals surface area contributed by atoms with Gasteiger partial charge in [-0.05, 0) is 41.8 Å². The number of rotatable bonds is 5. The summed E-state index contributed by atoms with van der Waals surface area (Å²) in [6.45, 7) is 1.79. The molecule has 2 atom stereocenters. The molecule has 3 rings (SSSR count). The van der Waals surface area contributed by atoms with Crippen molar-refractivity contribution in [2.24, 2.45) is 11.5 Å². The van der Waals surface area contributed by atoms with Gasteiger partial charge < -0.3 is 11.5 Å². The predicted octanol–water partition coefficient (Wildman–Crippen LogP) is 3.53. The van der Waals surface area contributed by atoms with E-state index in [1.165, 1.54) is 0 Å². The van der Waals surface area contributed by atoms with Crippen molar-refractivity contribution in [2.75, 3.05) is 0 Å². The van der Waals surface area contributed by atoms with Crippen molar-refractivity contribution in [1.29, 1.82) is 0 Å². The molecule has 2 unspecified atom stereocenters. The summed E-state index contributed by atoms with van der Waals surface area (Å²) in [4.78, 5) is 0.564. The van der Waals surface area contributed by atoms with Crippen LogP contribution in [0.25, 0.3) is 0 Å².